The van der Waals surface area contributed by atoms with Gasteiger partial charge in [0.05, 0.1) is 7.11 Å². The van der Waals surface area contributed by atoms with Crippen molar-refractivity contribution in [2.75, 3.05) is 20.3 Å². The molecule has 6 heteroatoms. The van der Waals surface area contributed by atoms with Crippen molar-refractivity contribution in [3.05, 3.63) is 58.1 Å². The van der Waals surface area contributed by atoms with Gasteiger partial charge in [0.2, 0.25) is 0 Å². The molecule has 2 aromatic rings. The number of methoxy groups -OCH3 is 1. The third-order valence-electron chi connectivity index (χ3n) is 3.46. The summed E-state index contributed by atoms with van der Waals surface area (Å²) in [6.45, 7) is 1.35. The molecule has 0 heterocycles. The van der Waals surface area contributed by atoms with Crippen LogP contribution >= 0.6 is 15.9 Å². The van der Waals surface area contributed by atoms with Gasteiger partial charge in [-0.2, -0.15) is 0 Å². The van der Waals surface area contributed by atoms with E-state index >= 15 is 0 Å². The maximum absolute atomic E-state index is 10.9. The van der Waals surface area contributed by atoms with Crippen LogP contribution in [0.15, 0.2) is 46.9 Å². The topological polar surface area (TPSA) is 73.6 Å². The fraction of sp³-hybridized carbons (Fsp3) is 0.278. The number of carbonyl (C=O) groups excluding carboxylic acids is 1. The largest absolute Gasteiger partial charge is 0.497 e. The van der Waals surface area contributed by atoms with Crippen LogP contribution in [0.2, 0.25) is 0 Å². The van der Waals surface area contributed by atoms with E-state index in [-0.39, 0.29) is 6.61 Å². The first-order chi connectivity index (χ1) is 11.6. The molecule has 0 saturated carbocycles. The number of rotatable bonds is 9. The van der Waals surface area contributed by atoms with Crippen molar-refractivity contribution in [2.24, 2.45) is 5.73 Å². The number of hydrogen-bond acceptors (Lipinski definition) is 4. The Morgan fingerprint density at radius 2 is 1.96 bits per heavy atom. The zero-order chi connectivity index (χ0) is 17.4. The molecule has 0 aromatic heterocycles. The standard InChI is InChI=1S/C18H21BrN2O3/c1-23-16-5-2-13(3-6-16)8-9-21-11-14-10-15(19)4-7-17(14)24-12-18(20)22/h2-7,10,21H,8-9,11-12H2,1H3,(H2,20,22). The molecule has 0 saturated heterocycles. The normalized spacial score (nSPS) is 10.4. The number of amides is 1. The number of nitrogens with two attached hydrogens (primary N) is 1. The molecule has 3 N–H and O–H groups in total. The summed E-state index contributed by atoms with van der Waals surface area (Å²) in [7, 11) is 1.66. The molecule has 0 unspecified atom stereocenters. The van der Waals surface area contributed by atoms with Crippen molar-refractivity contribution in [2.45, 2.75) is 13.0 Å². The monoisotopic (exact) mass is 392 g/mol. The molecule has 24 heavy (non-hydrogen) atoms. The second-order valence-electron chi connectivity index (χ2n) is 5.28. The van der Waals surface area contributed by atoms with Gasteiger partial charge in [-0.05, 0) is 48.9 Å². The van der Waals surface area contributed by atoms with Gasteiger partial charge in [-0.15, -0.1) is 0 Å². The molecule has 0 atom stereocenters. The van der Waals surface area contributed by atoms with Gasteiger partial charge in [0, 0.05) is 16.6 Å². The van der Waals surface area contributed by atoms with Crippen LogP contribution in [-0.4, -0.2) is 26.2 Å². The van der Waals surface area contributed by atoms with Crippen molar-refractivity contribution < 1.29 is 14.3 Å². The number of hydrogen-bond donors (Lipinski definition) is 2. The van der Waals surface area contributed by atoms with E-state index < -0.39 is 5.91 Å². The Balaban J connectivity index is 1.86. The number of halogens is 1. The zero-order valence-corrected chi connectivity index (χ0v) is 15.1. The van der Waals surface area contributed by atoms with E-state index in [2.05, 4.69) is 33.4 Å². The Hall–Kier alpha value is -2.05. The first-order valence-electron chi connectivity index (χ1n) is 7.61. The molecular weight excluding hydrogens is 372 g/mol. The number of carbonyl (C=O) groups is 1. The number of benzene rings is 2. The predicted molar refractivity (Wildman–Crippen MR) is 97.2 cm³/mol. The van der Waals surface area contributed by atoms with Crippen LogP contribution in [0.3, 0.4) is 0 Å². The minimum absolute atomic E-state index is 0.125. The summed E-state index contributed by atoms with van der Waals surface area (Å²) < 4.78 is 11.6. The predicted octanol–water partition coefficient (Wildman–Crippen LogP) is 2.65. The second-order valence-corrected chi connectivity index (χ2v) is 6.20. The fourth-order valence-electron chi connectivity index (χ4n) is 2.22. The van der Waals surface area contributed by atoms with Crippen molar-refractivity contribution in [1.82, 2.24) is 5.32 Å². The quantitative estimate of drug-likeness (QED) is 0.643. The average Bonchev–Trinajstić information content (AvgIpc) is 2.58. The zero-order valence-electron chi connectivity index (χ0n) is 13.5. The SMILES string of the molecule is COc1ccc(CCNCc2cc(Br)ccc2OCC(N)=O)cc1. The highest BCUT2D eigenvalue weighted by molar-refractivity contribution is 9.10. The van der Waals surface area contributed by atoms with Crippen LogP contribution in [-0.2, 0) is 17.8 Å². The van der Waals surface area contributed by atoms with Crippen LogP contribution in [0, 0.1) is 0 Å². The van der Waals surface area contributed by atoms with E-state index in [0.717, 1.165) is 28.8 Å². The second kappa shape index (κ2) is 9.30. The molecule has 0 fully saturated rings. The number of ether oxygens (including phenoxy) is 2. The molecule has 5 nitrogen and oxygen atoms in total. The summed E-state index contributed by atoms with van der Waals surface area (Å²) in [5, 5.41) is 3.39. The summed E-state index contributed by atoms with van der Waals surface area (Å²) in [6, 6.07) is 13.7. The third-order valence-corrected chi connectivity index (χ3v) is 3.95. The molecule has 128 valence electrons. The minimum atomic E-state index is -0.490. The molecule has 2 aromatic carbocycles. The average molecular weight is 393 g/mol. The lowest BCUT2D eigenvalue weighted by Gasteiger charge is -2.12. The van der Waals surface area contributed by atoms with Gasteiger partial charge >= 0.3 is 0 Å². The Labute approximate surface area is 150 Å². The van der Waals surface area contributed by atoms with Gasteiger partial charge in [0.25, 0.3) is 5.91 Å². The summed E-state index contributed by atoms with van der Waals surface area (Å²) in [4.78, 5) is 10.9. The van der Waals surface area contributed by atoms with Crippen molar-refractivity contribution >= 4 is 21.8 Å². The summed E-state index contributed by atoms with van der Waals surface area (Å²) in [5.74, 6) is 1.03. The molecular formula is C18H21BrN2O3. The molecule has 2 rings (SSSR count). The van der Waals surface area contributed by atoms with Gasteiger partial charge in [0.1, 0.15) is 11.5 Å². The molecule has 0 aliphatic rings. The lowest BCUT2D eigenvalue weighted by atomic mass is 10.1. The number of nitrogens with one attached hydrogen (secondary N) is 1. The fourth-order valence-corrected chi connectivity index (χ4v) is 2.63. The van der Waals surface area contributed by atoms with E-state index in [0.29, 0.717) is 12.3 Å². The maximum atomic E-state index is 10.9. The van der Waals surface area contributed by atoms with E-state index in [1.807, 2.05) is 30.3 Å². The maximum Gasteiger partial charge on any atom is 0.255 e. The van der Waals surface area contributed by atoms with Gasteiger partial charge in [0.15, 0.2) is 6.61 Å². The Bertz CT molecular complexity index is 674. The van der Waals surface area contributed by atoms with E-state index in [1.165, 1.54) is 5.56 Å². The Morgan fingerprint density at radius 3 is 2.62 bits per heavy atom. The van der Waals surface area contributed by atoms with Crippen LogP contribution in [0.25, 0.3) is 0 Å². The van der Waals surface area contributed by atoms with Crippen LogP contribution in [0.4, 0.5) is 0 Å². The molecule has 0 aliphatic heterocycles. The van der Waals surface area contributed by atoms with Crippen molar-refractivity contribution in [1.29, 1.82) is 0 Å². The molecule has 1 amide bonds. The van der Waals surface area contributed by atoms with Crippen molar-refractivity contribution in [3.63, 3.8) is 0 Å². The van der Waals surface area contributed by atoms with E-state index in [4.69, 9.17) is 15.2 Å². The lowest BCUT2D eigenvalue weighted by Crippen LogP contribution is -2.21. The summed E-state index contributed by atoms with van der Waals surface area (Å²) in [5.41, 5.74) is 7.34. The highest BCUT2D eigenvalue weighted by Gasteiger charge is 2.06. The van der Waals surface area contributed by atoms with Crippen LogP contribution < -0.4 is 20.5 Å². The van der Waals surface area contributed by atoms with Gasteiger partial charge in [-0.3, -0.25) is 4.79 Å². The van der Waals surface area contributed by atoms with E-state index in [9.17, 15) is 4.79 Å². The van der Waals surface area contributed by atoms with Gasteiger partial charge in [-0.1, -0.05) is 28.1 Å². The first kappa shape index (κ1) is 18.3. The summed E-state index contributed by atoms with van der Waals surface area (Å²) in [6.07, 6.45) is 0.912. The van der Waals surface area contributed by atoms with Crippen LogP contribution in [0.1, 0.15) is 11.1 Å². The molecule has 0 radical (unpaired) electrons. The van der Waals surface area contributed by atoms with Gasteiger partial charge < -0.3 is 20.5 Å². The molecule has 0 bridgehead atoms. The minimum Gasteiger partial charge on any atom is -0.497 e. The molecule has 0 aliphatic carbocycles. The Morgan fingerprint density at radius 1 is 1.21 bits per heavy atom. The highest BCUT2D eigenvalue weighted by atomic mass is 79.9. The lowest BCUT2D eigenvalue weighted by molar-refractivity contribution is -0.119. The van der Waals surface area contributed by atoms with E-state index in [1.54, 1.807) is 7.11 Å². The van der Waals surface area contributed by atoms with Crippen LogP contribution in [0.5, 0.6) is 11.5 Å². The summed E-state index contributed by atoms with van der Waals surface area (Å²) >= 11 is 3.45. The molecule has 0 spiro atoms. The smallest absolute Gasteiger partial charge is 0.255 e. The number of primary amides is 1. The highest BCUT2D eigenvalue weighted by Crippen LogP contribution is 2.23. The van der Waals surface area contributed by atoms with Crippen molar-refractivity contribution in [3.8, 4) is 11.5 Å². The third kappa shape index (κ3) is 5.86. The Kier molecular flexibility index (Phi) is 7.08. The van der Waals surface area contributed by atoms with Gasteiger partial charge in [-0.25, -0.2) is 0 Å². The first-order valence-corrected chi connectivity index (χ1v) is 8.41.